The molecule has 5 aromatic carbocycles. The lowest BCUT2D eigenvalue weighted by atomic mass is 10.0. The zero-order valence-electron chi connectivity index (χ0n) is 19.7. The van der Waals surface area contributed by atoms with Crippen LogP contribution in [-0.2, 0) is 0 Å². The Kier molecular flexibility index (Phi) is 4.66. The summed E-state index contributed by atoms with van der Waals surface area (Å²) < 4.78 is 4.22. The summed E-state index contributed by atoms with van der Waals surface area (Å²) in [6.07, 6.45) is 1.92. The molecule has 0 fully saturated rings. The van der Waals surface area contributed by atoms with Crippen molar-refractivity contribution in [2.45, 2.75) is 0 Å². The molecule has 0 unspecified atom stereocenters. The third-order valence-electron chi connectivity index (χ3n) is 6.92. The summed E-state index contributed by atoms with van der Waals surface area (Å²) in [7, 11) is 0. The minimum Gasteiger partial charge on any atom is -0.309 e. The number of rotatable bonds is 4. The average Bonchev–Trinajstić information content (AvgIpc) is 3.53. The molecular weight excluding hydrogens is 460 g/mol. The van der Waals surface area contributed by atoms with Crippen LogP contribution >= 0.6 is 0 Å². The third-order valence-corrected chi connectivity index (χ3v) is 6.92. The second-order valence-electron chi connectivity index (χ2n) is 8.96. The Labute approximate surface area is 211 Å². The first-order valence-corrected chi connectivity index (χ1v) is 12.0. The van der Waals surface area contributed by atoms with Gasteiger partial charge in [0.1, 0.15) is 0 Å². The zero-order valence-corrected chi connectivity index (χ0v) is 19.7. The molecule has 6 heteroatoms. The molecule has 37 heavy (non-hydrogen) atoms. The van der Waals surface area contributed by atoms with E-state index in [1.807, 2.05) is 47.3 Å². The minimum absolute atomic E-state index is 0.0934. The number of aromatic nitrogens is 3. The predicted molar refractivity (Wildman–Crippen MR) is 147 cm³/mol. The second-order valence-corrected chi connectivity index (χ2v) is 8.96. The van der Waals surface area contributed by atoms with Crippen LogP contribution in [0, 0.1) is 10.1 Å². The Morgan fingerprint density at radius 1 is 0.622 bits per heavy atom. The van der Waals surface area contributed by atoms with Crippen molar-refractivity contribution in [2.75, 3.05) is 0 Å². The molecule has 0 bridgehead atoms. The first-order valence-electron chi connectivity index (χ1n) is 12.0. The molecule has 0 aliphatic carbocycles. The number of nitro groups is 1. The van der Waals surface area contributed by atoms with Crippen molar-refractivity contribution >= 4 is 38.4 Å². The lowest BCUT2D eigenvalue weighted by molar-refractivity contribution is -0.384. The maximum atomic E-state index is 11.5. The SMILES string of the molecule is O=[N+]([O-])c1ccccc1-c1ccc(-n2ncc3c2ccc2c4ccccc4n(-c4ccccc4)c23)cc1. The van der Waals surface area contributed by atoms with E-state index in [0.717, 1.165) is 38.9 Å². The molecule has 7 rings (SSSR count). The maximum absolute atomic E-state index is 11.5. The highest BCUT2D eigenvalue weighted by atomic mass is 16.6. The average molecular weight is 481 g/mol. The van der Waals surface area contributed by atoms with E-state index in [1.165, 1.54) is 16.8 Å². The normalized spacial score (nSPS) is 11.5. The van der Waals surface area contributed by atoms with Crippen LogP contribution in [0.4, 0.5) is 5.69 Å². The smallest absolute Gasteiger partial charge is 0.277 e. The largest absolute Gasteiger partial charge is 0.309 e. The molecule has 2 heterocycles. The molecule has 0 N–H and O–H groups in total. The van der Waals surface area contributed by atoms with E-state index >= 15 is 0 Å². The zero-order chi connectivity index (χ0) is 24.9. The van der Waals surface area contributed by atoms with Crippen molar-refractivity contribution in [1.29, 1.82) is 0 Å². The van der Waals surface area contributed by atoms with Crippen molar-refractivity contribution in [3.63, 3.8) is 0 Å². The van der Waals surface area contributed by atoms with Crippen molar-refractivity contribution in [2.24, 2.45) is 0 Å². The fourth-order valence-electron chi connectivity index (χ4n) is 5.27. The molecule has 7 aromatic rings. The summed E-state index contributed by atoms with van der Waals surface area (Å²) in [5, 5.41) is 19.7. The van der Waals surface area contributed by atoms with Gasteiger partial charge < -0.3 is 4.57 Å². The van der Waals surface area contributed by atoms with Crippen molar-refractivity contribution in [3.8, 4) is 22.5 Å². The van der Waals surface area contributed by atoms with Crippen LogP contribution in [0.5, 0.6) is 0 Å². The van der Waals surface area contributed by atoms with Gasteiger partial charge in [0.2, 0.25) is 0 Å². The number of hydrogen-bond donors (Lipinski definition) is 0. The van der Waals surface area contributed by atoms with E-state index in [-0.39, 0.29) is 10.6 Å². The molecule has 0 radical (unpaired) electrons. The fraction of sp³-hybridized carbons (Fsp3) is 0. The van der Waals surface area contributed by atoms with E-state index < -0.39 is 0 Å². The first kappa shape index (κ1) is 21.1. The fourth-order valence-corrected chi connectivity index (χ4v) is 5.27. The summed E-state index contributed by atoms with van der Waals surface area (Å²) in [4.78, 5) is 11.1. The monoisotopic (exact) mass is 480 g/mol. The lowest BCUT2D eigenvalue weighted by Crippen LogP contribution is -1.97. The van der Waals surface area contributed by atoms with Crippen LogP contribution in [0.1, 0.15) is 0 Å². The van der Waals surface area contributed by atoms with Gasteiger partial charge in [-0.05, 0) is 54.1 Å². The quantitative estimate of drug-likeness (QED) is 0.191. The van der Waals surface area contributed by atoms with Crippen LogP contribution in [-0.4, -0.2) is 19.3 Å². The van der Waals surface area contributed by atoms with E-state index in [2.05, 4.69) is 65.2 Å². The highest BCUT2D eigenvalue weighted by molar-refractivity contribution is 6.18. The van der Waals surface area contributed by atoms with Crippen molar-refractivity contribution in [3.05, 3.63) is 132 Å². The Morgan fingerprint density at radius 2 is 1.35 bits per heavy atom. The third kappa shape index (κ3) is 3.23. The number of benzene rings is 5. The van der Waals surface area contributed by atoms with E-state index in [0.29, 0.717) is 5.56 Å². The Bertz CT molecular complexity index is 1950. The topological polar surface area (TPSA) is 65.9 Å². The van der Waals surface area contributed by atoms with Gasteiger partial charge in [-0.15, -0.1) is 0 Å². The number of nitro benzene ring substituents is 1. The van der Waals surface area contributed by atoms with E-state index in [1.54, 1.807) is 12.1 Å². The molecule has 0 spiro atoms. The summed E-state index contributed by atoms with van der Waals surface area (Å²) in [5.74, 6) is 0. The van der Waals surface area contributed by atoms with E-state index in [9.17, 15) is 10.1 Å². The molecule has 0 saturated carbocycles. The van der Waals surface area contributed by atoms with Gasteiger partial charge in [-0.1, -0.05) is 60.7 Å². The molecule has 0 aliphatic rings. The number of para-hydroxylation sites is 3. The number of hydrogen-bond acceptors (Lipinski definition) is 3. The number of nitrogens with zero attached hydrogens (tertiary/aromatic N) is 4. The molecule has 0 aliphatic heterocycles. The van der Waals surface area contributed by atoms with Gasteiger partial charge >= 0.3 is 0 Å². The second kappa shape index (κ2) is 8.17. The molecule has 0 saturated heterocycles. The minimum atomic E-state index is -0.346. The summed E-state index contributed by atoms with van der Waals surface area (Å²) in [6, 6.07) is 37.6. The molecule has 0 atom stereocenters. The first-order chi connectivity index (χ1) is 18.2. The van der Waals surface area contributed by atoms with Crippen LogP contribution in [0.2, 0.25) is 0 Å². The Hall–Kier alpha value is -5.23. The van der Waals surface area contributed by atoms with Crippen LogP contribution < -0.4 is 0 Å². The van der Waals surface area contributed by atoms with Gasteiger partial charge in [0.25, 0.3) is 5.69 Å². The van der Waals surface area contributed by atoms with Crippen LogP contribution in [0.3, 0.4) is 0 Å². The molecule has 2 aromatic heterocycles. The highest BCUT2D eigenvalue weighted by Gasteiger charge is 2.18. The Balaban J connectivity index is 1.42. The van der Waals surface area contributed by atoms with Crippen LogP contribution in [0.15, 0.2) is 121 Å². The van der Waals surface area contributed by atoms with Gasteiger partial charge in [0, 0.05) is 27.9 Å². The molecule has 6 nitrogen and oxygen atoms in total. The highest BCUT2D eigenvalue weighted by Crippen LogP contribution is 2.37. The maximum Gasteiger partial charge on any atom is 0.277 e. The van der Waals surface area contributed by atoms with Crippen LogP contribution in [0.25, 0.3) is 55.2 Å². The van der Waals surface area contributed by atoms with Gasteiger partial charge in [-0.2, -0.15) is 5.10 Å². The summed E-state index contributed by atoms with van der Waals surface area (Å²) >= 11 is 0. The van der Waals surface area contributed by atoms with E-state index in [4.69, 9.17) is 5.10 Å². The van der Waals surface area contributed by atoms with Gasteiger partial charge in [0.05, 0.1) is 38.9 Å². The Morgan fingerprint density at radius 3 is 2.16 bits per heavy atom. The molecule has 0 amide bonds. The van der Waals surface area contributed by atoms with Crippen molar-refractivity contribution < 1.29 is 4.92 Å². The van der Waals surface area contributed by atoms with Crippen molar-refractivity contribution in [1.82, 2.24) is 14.3 Å². The molecule has 176 valence electrons. The van der Waals surface area contributed by atoms with Gasteiger partial charge in [-0.3, -0.25) is 10.1 Å². The predicted octanol–water partition coefficient (Wildman–Crippen LogP) is 7.70. The van der Waals surface area contributed by atoms with Gasteiger partial charge in [0.15, 0.2) is 0 Å². The standard InChI is InChI=1S/C31H20N4O2/c36-35(37)30-13-7-4-10-24(30)21-14-16-23(17-15-21)34-29-19-18-26-25-11-5-6-12-28(25)33(22-8-2-1-3-9-22)31(26)27(29)20-32-34/h1-20H. The molecular formula is C31H20N4O2. The number of fused-ring (bicyclic) bond motifs is 5. The summed E-state index contributed by atoms with van der Waals surface area (Å²) in [5.41, 5.74) is 6.73. The summed E-state index contributed by atoms with van der Waals surface area (Å²) in [6.45, 7) is 0. The van der Waals surface area contributed by atoms with Gasteiger partial charge in [-0.25, -0.2) is 4.68 Å². The lowest BCUT2D eigenvalue weighted by Gasteiger charge is -2.09.